The van der Waals surface area contributed by atoms with E-state index < -0.39 is 28.2 Å². The van der Waals surface area contributed by atoms with Crippen LogP contribution in [0.25, 0.3) is 0 Å². The Balaban J connectivity index is 1.86. The minimum absolute atomic E-state index is 0.0528. The molecule has 0 amide bonds. The maximum atomic E-state index is 12.1. The Morgan fingerprint density at radius 1 is 0.846 bits per heavy atom. The fraction of sp³-hybridized carbons (Fsp3) is 0.118. The summed E-state index contributed by atoms with van der Waals surface area (Å²) < 4.78 is 10.9. The van der Waals surface area contributed by atoms with Crippen LogP contribution in [0.2, 0.25) is 0 Å². The summed E-state index contributed by atoms with van der Waals surface area (Å²) >= 11 is 0. The van der Waals surface area contributed by atoms with Crippen molar-refractivity contribution in [1.82, 2.24) is 0 Å². The average molecular weight is 356 g/mol. The first kappa shape index (κ1) is 17.2. The van der Waals surface area contributed by atoms with Crippen LogP contribution in [-0.2, 0) is 14.3 Å². The number of carbonyl (C=O) groups is 1. The lowest BCUT2D eigenvalue weighted by molar-refractivity contribution is -0.385. The van der Waals surface area contributed by atoms with Gasteiger partial charge in [0, 0.05) is 29.8 Å². The number of hydrogen-bond acceptors (Lipinski definition) is 7. The number of hydrogen-bond donors (Lipinski definition) is 0. The molecule has 132 valence electrons. The molecule has 26 heavy (non-hydrogen) atoms. The Morgan fingerprint density at radius 3 is 1.77 bits per heavy atom. The molecule has 0 aromatic heterocycles. The van der Waals surface area contributed by atoms with E-state index in [0.29, 0.717) is 11.1 Å². The van der Waals surface area contributed by atoms with Gasteiger partial charge in [0.1, 0.15) is 6.10 Å². The number of cyclic esters (lactones) is 1. The van der Waals surface area contributed by atoms with E-state index in [1.54, 1.807) is 0 Å². The van der Waals surface area contributed by atoms with Gasteiger partial charge in [-0.05, 0) is 29.8 Å². The third-order valence-electron chi connectivity index (χ3n) is 3.84. The predicted octanol–water partition coefficient (Wildman–Crippen LogP) is 3.37. The fourth-order valence-electron chi connectivity index (χ4n) is 2.46. The normalized spacial score (nSPS) is 19.7. The molecule has 0 spiro atoms. The zero-order valence-corrected chi connectivity index (χ0v) is 13.2. The standard InChI is InChI=1S/C17H12N2O7/c1-10-15(11-2-6-13(7-3-11)18(21)22)25-17(26-16(10)20)12-4-8-14(9-5-12)19(23)24/h2-9,15,17H,1H2/t15-,17?/m1/s1. The predicted molar refractivity (Wildman–Crippen MR) is 88.0 cm³/mol. The minimum Gasteiger partial charge on any atom is -0.428 e. The molecular formula is C17H12N2O7. The number of esters is 1. The molecule has 9 nitrogen and oxygen atoms in total. The van der Waals surface area contributed by atoms with Crippen LogP contribution in [0, 0.1) is 20.2 Å². The average Bonchev–Trinajstić information content (AvgIpc) is 2.64. The molecule has 0 N–H and O–H groups in total. The van der Waals surface area contributed by atoms with Crippen LogP contribution < -0.4 is 0 Å². The van der Waals surface area contributed by atoms with Gasteiger partial charge in [0.25, 0.3) is 11.4 Å². The Hall–Kier alpha value is -3.59. The summed E-state index contributed by atoms with van der Waals surface area (Å²) in [4.78, 5) is 32.5. The van der Waals surface area contributed by atoms with Crippen LogP contribution in [0.4, 0.5) is 11.4 Å². The van der Waals surface area contributed by atoms with Crippen molar-refractivity contribution in [2.45, 2.75) is 12.4 Å². The van der Waals surface area contributed by atoms with Gasteiger partial charge in [-0.15, -0.1) is 0 Å². The molecule has 0 aliphatic carbocycles. The van der Waals surface area contributed by atoms with Gasteiger partial charge in [0.2, 0.25) is 6.29 Å². The van der Waals surface area contributed by atoms with Gasteiger partial charge >= 0.3 is 5.97 Å². The van der Waals surface area contributed by atoms with Gasteiger partial charge in [-0.3, -0.25) is 20.2 Å². The summed E-state index contributed by atoms with van der Waals surface area (Å²) in [7, 11) is 0. The molecule has 2 aromatic carbocycles. The molecule has 1 aliphatic heterocycles. The van der Waals surface area contributed by atoms with E-state index in [2.05, 4.69) is 6.58 Å². The zero-order valence-electron chi connectivity index (χ0n) is 13.2. The van der Waals surface area contributed by atoms with Gasteiger partial charge in [0.15, 0.2) is 0 Å². The van der Waals surface area contributed by atoms with E-state index >= 15 is 0 Å². The zero-order chi connectivity index (χ0) is 18.8. The van der Waals surface area contributed by atoms with Crippen molar-refractivity contribution < 1.29 is 24.1 Å². The van der Waals surface area contributed by atoms with Crippen LogP contribution in [0.15, 0.2) is 60.7 Å². The van der Waals surface area contributed by atoms with Crippen LogP contribution in [0.1, 0.15) is 23.5 Å². The summed E-state index contributed by atoms with van der Waals surface area (Å²) in [5.74, 6) is -0.678. The number of nitro benzene ring substituents is 2. The van der Waals surface area contributed by atoms with Crippen LogP contribution in [0.5, 0.6) is 0 Å². The molecular weight excluding hydrogens is 344 g/mol. The molecule has 1 fully saturated rings. The highest BCUT2D eigenvalue weighted by molar-refractivity contribution is 5.89. The fourth-order valence-corrected chi connectivity index (χ4v) is 2.46. The quantitative estimate of drug-likeness (QED) is 0.356. The van der Waals surface area contributed by atoms with Gasteiger partial charge in [-0.25, -0.2) is 4.79 Å². The second-order valence-corrected chi connectivity index (χ2v) is 5.48. The molecule has 2 atom stereocenters. The number of non-ortho nitro benzene ring substituents is 2. The molecule has 1 saturated heterocycles. The summed E-state index contributed by atoms with van der Waals surface area (Å²) in [5, 5.41) is 21.5. The van der Waals surface area contributed by atoms with Crippen molar-refractivity contribution in [2.75, 3.05) is 0 Å². The SMILES string of the molecule is C=C1C(=O)OC(c2ccc([N+](=O)[O-])cc2)O[C@H]1c1ccc([N+](=O)[O-])cc1. The summed E-state index contributed by atoms with van der Waals surface area (Å²) in [6, 6.07) is 10.9. The van der Waals surface area contributed by atoms with Crippen LogP contribution in [0.3, 0.4) is 0 Å². The van der Waals surface area contributed by atoms with E-state index in [1.165, 1.54) is 48.5 Å². The van der Waals surface area contributed by atoms with Gasteiger partial charge in [-0.1, -0.05) is 6.58 Å². The third-order valence-corrected chi connectivity index (χ3v) is 3.84. The lowest BCUT2D eigenvalue weighted by atomic mass is 10.0. The molecule has 9 heteroatoms. The third kappa shape index (κ3) is 3.28. The van der Waals surface area contributed by atoms with Crippen molar-refractivity contribution in [2.24, 2.45) is 0 Å². The number of benzene rings is 2. The highest BCUT2D eigenvalue weighted by Gasteiger charge is 2.35. The topological polar surface area (TPSA) is 122 Å². The Kier molecular flexibility index (Phi) is 4.46. The largest absolute Gasteiger partial charge is 0.428 e. The smallest absolute Gasteiger partial charge is 0.338 e. The number of rotatable bonds is 4. The molecule has 3 rings (SSSR count). The van der Waals surface area contributed by atoms with E-state index in [1.807, 2.05) is 0 Å². The number of nitro groups is 2. The molecule has 0 bridgehead atoms. The first-order valence-corrected chi connectivity index (χ1v) is 7.41. The number of ether oxygens (including phenoxy) is 2. The van der Waals surface area contributed by atoms with Crippen molar-refractivity contribution >= 4 is 17.3 Å². The maximum Gasteiger partial charge on any atom is 0.338 e. The first-order chi connectivity index (χ1) is 12.4. The Morgan fingerprint density at radius 2 is 1.31 bits per heavy atom. The summed E-state index contributed by atoms with van der Waals surface area (Å²) in [6.07, 6.45) is -1.92. The molecule has 0 radical (unpaired) electrons. The van der Waals surface area contributed by atoms with Crippen molar-refractivity contribution in [3.8, 4) is 0 Å². The molecule has 1 unspecified atom stereocenters. The highest BCUT2D eigenvalue weighted by atomic mass is 16.7. The second kappa shape index (κ2) is 6.73. The Bertz CT molecular complexity index is 890. The lowest BCUT2D eigenvalue weighted by Gasteiger charge is -2.31. The van der Waals surface area contributed by atoms with Gasteiger partial charge in [0.05, 0.1) is 15.4 Å². The molecule has 1 aliphatic rings. The second-order valence-electron chi connectivity index (χ2n) is 5.48. The van der Waals surface area contributed by atoms with Crippen LogP contribution in [-0.4, -0.2) is 15.8 Å². The number of carbonyl (C=O) groups excluding carboxylic acids is 1. The molecule has 0 saturated carbocycles. The minimum atomic E-state index is -1.08. The van der Waals surface area contributed by atoms with Gasteiger partial charge in [-0.2, -0.15) is 0 Å². The van der Waals surface area contributed by atoms with E-state index in [4.69, 9.17) is 9.47 Å². The van der Waals surface area contributed by atoms with Crippen molar-refractivity contribution in [3.05, 3.63) is 92.0 Å². The first-order valence-electron chi connectivity index (χ1n) is 7.41. The van der Waals surface area contributed by atoms with Gasteiger partial charge < -0.3 is 9.47 Å². The highest BCUT2D eigenvalue weighted by Crippen LogP contribution is 2.38. The van der Waals surface area contributed by atoms with Crippen molar-refractivity contribution in [3.63, 3.8) is 0 Å². The lowest BCUT2D eigenvalue weighted by Crippen LogP contribution is -2.28. The summed E-state index contributed by atoms with van der Waals surface area (Å²) in [6.45, 7) is 3.65. The molecule has 1 heterocycles. The van der Waals surface area contributed by atoms with Crippen LogP contribution >= 0.6 is 0 Å². The van der Waals surface area contributed by atoms with E-state index in [9.17, 15) is 25.0 Å². The monoisotopic (exact) mass is 356 g/mol. The van der Waals surface area contributed by atoms with E-state index in [0.717, 1.165) is 0 Å². The summed E-state index contributed by atoms with van der Waals surface area (Å²) in [5.41, 5.74) is 0.779. The Labute approximate surface area is 146 Å². The van der Waals surface area contributed by atoms with E-state index in [-0.39, 0.29) is 16.9 Å². The van der Waals surface area contributed by atoms with Crippen molar-refractivity contribution in [1.29, 1.82) is 0 Å². The molecule has 2 aromatic rings. The maximum absolute atomic E-state index is 12.1. The number of nitrogens with zero attached hydrogens (tertiary/aromatic N) is 2.